The van der Waals surface area contributed by atoms with Crippen molar-refractivity contribution in [2.24, 2.45) is 0 Å². The summed E-state index contributed by atoms with van der Waals surface area (Å²) in [5.41, 5.74) is 1.94. The van der Waals surface area contributed by atoms with Crippen molar-refractivity contribution in [2.75, 3.05) is 22.9 Å². The van der Waals surface area contributed by atoms with Crippen molar-refractivity contribution in [1.29, 1.82) is 0 Å². The number of sulfonamides is 1. The maximum absolute atomic E-state index is 11.3. The van der Waals surface area contributed by atoms with Gasteiger partial charge in [-0.25, -0.2) is 8.42 Å². The molecule has 0 aliphatic heterocycles. The van der Waals surface area contributed by atoms with Crippen molar-refractivity contribution in [2.45, 2.75) is 13.0 Å². The van der Waals surface area contributed by atoms with Crippen molar-refractivity contribution < 1.29 is 23.1 Å². The van der Waals surface area contributed by atoms with Crippen LogP contribution in [0, 0.1) is 0 Å². The first-order chi connectivity index (χ1) is 12.8. The van der Waals surface area contributed by atoms with Crippen LogP contribution in [-0.2, 0) is 27.8 Å². The molecule has 0 aliphatic carbocycles. The molecule has 0 unspecified atom stereocenters. The van der Waals surface area contributed by atoms with E-state index in [1.807, 2.05) is 6.07 Å². The van der Waals surface area contributed by atoms with Gasteiger partial charge in [-0.1, -0.05) is 40.2 Å². The zero-order chi connectivity index (χ0) is 19.9. The number of benzene rings is 2. The van der Waals surface area contributed by atoms with Gasteiger partial charge in [0.15, 0.2) is 11.5 Å². The van der Waals surface area contributed by atoms with Crippen molar-refractivity contribution >= 4 is 37.5 Å². The molecule has 0 fully saturated rings. The van der Waals surface area contributed by atoms with Crippen LogP contribution in [0.3, 0.4) is 0 Å². The third-order valence-corrected chi connectivity index (χ3v) is 4.64. The molecule has 2 aromatic rings. The number of phenolic OH excluding ortho intramolecular Hbond substituents is 1. The van der Waals surface area contributed by atoms with E-state index < -0.39 is 10.0 Å². The number of para-hydroxylation sites is 1. The summed E-state index contributed by atoms with van der Waals surface area (Å²) >= 11 is 3.08. The van der Waals surface area contributed by atoms with Crippen molar-refractivity contribution in [3.05, 3.63) is 53.6 Å². The van der Waals surface area contributed by atoms with Crippen molar-refractivity contribution in [1.82, 2.24) is 5.32 Å². The predicted molar refractivity (Wildman–Crippen MR) is 108 cm³/mol. The van der Waals surface area contributed by atoms with Crippen LogP contribution in [0.2, 0.25) is 0 Å². The lowest BCUT2D eigenvalue weighted by atomic mass is 10.1. The van der Waals surface area contributed by atoms with E-state index in [1.54, 1.807) is 30.3 Å². The summed E-state index contributed by atoms with van der Waals surface area (Å²) in [4.78, 5) is 11.3. The number of ether oxygens (including phenoxy) is 1. The molecule has 0 radical (unpaired) electrons. The average molecular weight is 457 g/mol. The van der Waals surface area contributed by atoms with E-state index in [4.69, 9.17) is 4.74 Å². The first-order valence-electron chi connectivity index (χ1n) is 8.11. The number of amides is 1. The number of hydrogen-bond donors (Lipinski definition) is 3. The summed E-state index contributed by atoms with van der Waals surface area (Å²) in [6.07, 6.45) is 1.58. The van der Waals surface area contributed by atoms with E-state index in [0.717, 1.165) is 17.4 Å². The molecule has 2 aromatic carbocycles. The Kier molecular flexibility index (Phi) is 7.49. The number of halogens is 1. The maximum Gasteiger partial charge on any atom is 0.230 e. The van der Waals surface area contributed by atoms with Gasteiger partial charge in [-0.05, 0) is 35.7 Å². The Bertz CT molecular complexity index is 902. The minimum atomic E-state index is -3.36. The van der Waals surface area contributed by atoms with Crippen LogP contribution in [-0.4, -0.2) is 37.6 Å². The topological polar surface area (TPSA) is 105 Å². The zero-order valence-corrected chi connectivity index (χ0v) is 17.1. The number of carbonyl (C=O) groups is 1. The molecule has 0 atom stereocenters. The Morgan fingerprint density at radius 2 is 1.96 bits per heavy atom. The quantitative estimate of drug-likeness (QED) is 0.502. The summed E-state index contributed by atoms with van der Waals surface area (Å²) in [5.74, 6) is 0.226. The molecule has 0 bridgehead atoms. The smallest absolute Gasteiger partial charge is 0.230 e. The highest BCUT2D eigenvalue weighted by Crippen LogP contribution is 2.31. The van der Waals surface area contributed by atoms with Crippen LogP contribution < -0.4 is 14.8 Å². The molecule has 146 valence electrons. The highest BCUT2D eigenvalue weighted by atomic mass is 79.9. The second-order valence-electron chi connectivity index (χ2n) is 5.86. The Labute approximate surface area is 166 Å². The largest absolute Gasteiger partial charge is 0.504 e. The first kappa shape index (κ1) is 21.0. The number of carbonyl (C=O) groups excluding carboxylic acids is 1. The number of aromatic hydroxyl groups is 1. The lowest BCUT2D eigenvalue weighted by Gasteiger charge is -2.14. The fourth-order valence-corrected chi connectivity index (χ4v) is 3.17. The van der Waals surface area contributed by atoms with Gasteiger partial charge in [0, 0.05) is 12.2 Å². The second kappa shape index (κ2) is 9.61. The molecule has 1 amide bonds. The van der Waals surface area contributed by atoms with Crippen LogP contribution >= 0.6 is 15.9 Å². The summed E-state index contributed by atoms with van der Waals surface area (Å²) in [5, 5.41) is 13.1. The molecule has 7 nitrogen and oxygen atoms in total. The fourth-order valence-electron chi connectivity index (χ4n) is 2.41. The molecular formula is C18H21BrN2O5S. The Balaban J connectivity index is 2.07. The molecule has 3 N–H and O–H groups in total. The Morgan fingerprint density at radius 3 is 2.67 bits per heavy atom. The molecular weight excluding hydrogens is 436 g/mol. The number of anilines is 1. The van der Waals surface area contributed by atoms with Gasteiger partial charge < -0.3 is 15.2 Å². The van der Waals surface area contributed by atoms with E-state index in [2.05, 4.69) is 26.0 Å². The second-order valence-corrected chi connectivity index (χ2v) is 8.17. The molecule has 0 heterocycles. The molecule has 0 aliphatic rings. The zero-order valence-electron chi connectivity index (χ0n) is 14.7. The molecule has 2 rings (SSSR count). The van der Waals surface area contributed by atoms with E-state index >= 15 is 0 Å². The lowest BCUT2D eigenvalue weighted by molar-refractivity contribution is -0.118. The van der Waals surface area contributed by atoms with Gasteiger partial charge in [0.2, 0.25) is 15.9 Å². The summed E-state index contributed by atoms with van der Waals surface area (Å²) < 4.78 is 30.9. The summed E-state index contributed by atoms with van der Waals surface area (Å²) in [6, 6.07) is 11.9. The van der Waals surface area contributed by atoms with E-state index in [-0.39, 0.29) is 23.6 Å². The molecule has 27 heavy (non-hydrogen) atoms. The monoisotopic (exact) mass is 456 g/mol. The minimum Gasteiger partial charge on any atom is -0.504 e. The van der Waals surface area contributed by atoms with Crippen molar-refractivity contribution in [3.8, 4) is 11.5 Å². The van der Waals surface area contributed by atoms with E-state index in [9.17, 15) is 18.3 Å². The van der Waals surface area contributed by atoms with Gasteiger partial charge in [-0.15, -0.1) is 0 Å². The van der Waals surface area contributed by atoms with Crippen LogP contribution in [0.25, 0.3) is 0 Å². The highest BCUT2D eigenvalue weighted by molar-refractivity contribution is 9.09. The normalized spacial score (nSPS) is 11.0. The third kappa shape index (κ3) is 7.10. The summed E-state index contributed by atoms with van der Waals surface area (Å²) in [7, 11) is -3.36. The standard InChI is InChI=1S/C18H21BrN2O5S/c1-27(24,25)21-15-6-2-4-13(10-15)12-26-18-14(5-3-7-16(18)22)8-9-20-17(23)11-19/h2-7,10,21-22H,8-9,11-12H2,1H3,(H,20,23). The third-order valence-electron chi connectivity index (χ3n) is 3.53. The van der Waals surface area contributed by atoms with Crippen LogP contribution in [0.5, 0.6) is 11.5 Å². The van der Waals surface area contributed by atoms with Gasteiger partial charge in [-0.3, -0.25) is 9.52 Å². The van der Waals surface area contributed by atoms with Crippen LogP contribution in [0.1, 0.15) is 11.1 Å². The van der Waals surface area contributed by atoms with Crippen LogP contribution in [0.4, 0.5) is 5.69 Å². The summed E-state index contributed by atoms with van der Waals surface area (Å²) in [6.45, 7) is 0.565. The predicted octanol–water partition coefficient (Wildman–Crippen LogP) is 2.40. The van der Waals surface area contributed by atoms with Gasteiger partial charge >= 0.3 is 0 Å². The van der Waals surface area contributed by atoms with Gasteiger partial charge in [0.05, 0.1) is 11.6 Å². The van der Waals surface area contributed by atoms with Crippen molar-refractivity contribution in [3.63, 3.8) is 0 Å². The molecule has 9 heteroatoms. The molecule has 0 saturated carbocycles. The number of nitrogens with one attached hydrogen (secondary N) is 2. The fraction of sp³-hybridized carbons (Fsp3) is 0.278. The molecule has 0 aromatic heterocycles. The van der Waals surface area contributed by atoms with Crippen LogP contribution in [0.15, 0.2) is 42.5 Å². The van der Waals surface area contributed by atoms with E-state index in [1.165, 1.54) is 6.07 Å². The van der Waals surface area contributed by atoms with E-state index in [0.29, 0.717) is 24.4 Å². The number of rotatable bonds is 9. The Hall–Kier alpha value is -2.26. The average Bonchev–Trinajstić information content (AvgIpc) is 2.60. The molecule has 0 saturated heterocycles. The van der Waals surface area contributed by atoms with Gasteiger partial charge in [-0.2, -0.15) is 0 Å². The van der Waals surface area contributed by atoms with Gasteiger partial charge in [0.1, 0.15) is 6.61 Å². The molecule has 0 spiro atoms. The highest BCUT2D eigenvalue weighted by Gasteiger charge is 2.11. The lowest BCUT2D eigenvalue weighted by Crippen LogP contribution is -2.26. The number of hydrogen-bond acceptors (Lipinski definition) is 5. The Morgan fingerprint density at radius 1 is 1.22 bits per heavy atom. The first-order valence-corrected chi connectivity index (χ1v) is 11.1. The number of phenols is 1. The van der Waals surface area contributed by atoms with Gasteiger partial charge in [0.25, 0.3) is 0 Å². The number of alkyl halides is 1. The SMILES string of the molecule is CS(=O)(=O)Nc1cccc(COc2c(O)cccc2CCNC(=O)CBr)c1. The maximum atomic E-state index is 11.3. The minimum absolute atomic E-state index is 0.00438.